The van der Waals surface area contributed by atoms with Gasteiger partial charge in [-0.3, -0.25) is 0 Å². The third-order valence-electron chi connectivity index (χ3n) is 4.30. The van der Waals surface area contributed by atoms with Gasteiger partial charge in [0.05, 0.1) is 17.3 Å². The van der Waals surface area contributed by atoms with E-state index >= 15 is 0 Å². The molecule has 0 unspecified atom stereocenters. The maximum Gasteiger partial charge on any atom is 0.187 e. The zero-order valence-corrected chi connectivity index (χ0v) is 15.8. The lowest BCUT2D eigenvalue weighted by atomic mass is 9.98. The highest BCUT2D eigenvalue weighted by Crippen LogP contribution is 2.31. The van der Waals surface area contributed by atoms with E-state index in [1.54, 1.807) is 16.8 Å². The lowest BCUT2D eigenvalue weighted by Crippen LogP contribution is -2.00. The van der Waals surface area contributed by atoms with Gasteiger partial charge in [-0.2, -0.15) is 9.94 Å². The third kappa shape index (κ3) is 3.37. The maximum absolute atomic E-state index is 8.99. The fourth-order valence-electron chi connectivity index (χ4n) is 2.91. The Morgan fingerprint density at radius 3 is 2.26 bits per heavy atom. The van der Waals surface area contributed by atoms with Crippen LogP contribution in [0.3, 0.4) is 0 Å². The molecule has 4 rings (SSSR count). The molecule has 0 amide bonds. The molecule has 0 bridgehead atoms. The first-order valence-electron chi connectivity index (χ1n) is 8.34. The molecule has 3 aromatic carbocycles. The first-order valence-corrected chi connectivity index (χ1v) is 9.46. The molecule has 4 aromatic rings. The van der Waals surface area contributed by atoms with Crippen LogP contribution < -0.4 is 0 Å². The summed E-state index contributed by atoms with van der Waals surface area (Å²) in [6.45, 7) is 0. The highest BCUT2D eigenvalue weighted by atomic mass is 79.9. The van der Waals surface area contributed by atoms with Crippen molar-refractivity contribution in [3.05, 3.63) is 83.9 Å². The van der Waals surface area contributed by atoms with Crippen LogP contribution >= 0.6 is 15.9 Å². The van der Waals surface area contributed by atoms with Gasteiger partial charge < -0.3 is 0 Å². The van der Waals surface area contributed by atoms with Crippen LogP contribution in [0.2, 0.25) is 0 Å². The SMILES string of the molecule is N#Cc1ccc(-n2nnnc2-c2ccccc2-c2ccc(CBr)cc2)cc1. The fourth-order valence-corrected chi connectivity index (χ4v) is 3.28. The van der Waals surface area contributed by atoms with Crippen molar-refractivity contribution in [3.8, 4) is 34.3 Å². The van der Waals surface area contributed by atoms with Gasteiger partial charge in [0.1, 0.15) is 0 Å². The molecule has 1 aromatic heterocycles. The van der Waals surface area contributed by atoms with Gasteiger partial charge in [0.2, 0.25) is 0 Å². The number of alkyl halides is 1. The second-order valence-electron chi connectivity index (χ2n) is 5.95. The summed E-state index contributed by atoms with van der Waals surface area (Å²) in [5, 5.41) is 22.1. The minimum Gasteiger partial charge on any atom is -0.193 e. The first kappa shape index (κ1) is 17.1. The Labute approximate surface area is 165 Å². The van der Waals surface area contributed by atoms with Crippen LogP contribution in [0, 0.1) is 11.3 Å². The van der Waals surface area contributed by atoms with Crippen molar-refractivity contribution in [3.63, 3.8) is 0 Å². The molecule has 0 spiro atoms. The van der Waals surface area contributed by atoms with E-state index in [1.807, 2.05) is 30.3 Å². The summed E-state index contributed by atoms with van der Waals surface area (Å²) < 4.78 is 1.69. The average molecular weight is 416 g/mol. The van der Waals surface area contributed by atoms with Crippen molar-refractivity contribution in [1.82, 2.24) is 20.2 Å². The summed E-state index contributed by atoms with van der Waals surface area (Å²) >= 11 is 3.48. The monoisotopic (exact) mass is 415 g/mol. The minimum absolute atomic E-state index is 0.598. The number of nitriles is 1. The number of hydrogen-bond acceptors (Lipinski definition) is 4. The van der Waals surface area contributed by atoms with E-state index in [4.69, 9.17) is 5.26 Å². The summed E-state index contributed by atoms with van der Waals surface area (Å²) in [6.07, 6.45) is 0. The van der Waals surface area contributed by atoms with E-state index < -0.39 is 0 Å². The van der Waals surface area contributed by atoms with Crippen molar-refractivity contribution < 1.29 is 0 Å². The smallest absolute Gasteiger partial charge is 0.187 e. The highest BCUT2D eigenvalue weighted by Gasteiger charge is 2.15. The standard InChI is InChI=1S/C21H14BrN5/c22-13-15-5-9-17(10-6-15)19-3-1-2-4-20(19)21-24-25-26-27(21)18-11-7-16(14-23)8-12-18/h1-12H,13H2. The molecule has 27 heavy (non-hydrogen) atoms. The Balaban J connectivity index is 1.81. The van der Waals surface area contributed by atoms with E-state index in [0.29, 0.717) is 11.4 Å². The van der Waals surface area contributed by atoms with Crippen LogP contribution in [0.15, 0.2) is 72.8 Å². The van der Waals surface area contributed by atoms with Crippen LogP contribution in [0.4, 0.5) is 0 Å². The second-order valence-corrected chi connectivity index (χ2v) is 6.51. The van der Waals surface area contributed by atoms with Gasteiger partial charge in [0.15, 0.2) is 5.82 Å². The minimum atomic E-state index is 0.598. The molecule has 130 valence electrons. The zero-order valence-electron chi connectivity index (χ0n) is 14.2. The van der Waals surface area contributed by atoms with Crippen LogP contribution in [-0.2, 0) is 5.33 Å². The summed E-state index contributed by atoms with van der Waals surface area (Å²) in [4.78, 5) is 0. The van der Waals surface area contributed by atoms with Crippen LogP contribution in [0.5, 0.6) is 0 Å². The van der Waals surface area contributed by atoms with Crippen LogP contribution in [0.1, 0.15) is 11.1 Å². The molecule has 0 aliphatic rings. The number of halogens is 1. The number of benzene rings is 3. The molecule has 0 radical (unpaired) electrons. The number of nitrogens with zero attached hydrogens (tertiary/aromatic N) is 5. The molecule has 6 heteroatoms. The first-order chi connectivity index (χ1) is 13.3. The quantitative estimate of drug-likeness (QED) is 0.450. The topological polar surface area (TPSA) is 67.4 Å². The predicted molar refractivity (Wildman–Crippen MR) is 107 cm³/mol. The Bertz CT molecular complexity index is 1110. The summed E-state index contributed by atoms with van der Waals surface area (Å²) in [7, 11) is 0. The lowest BCUT2D eigenvalue weighted by molar-refractivity contribution is 0.791. The van der Waals surface area contributed by atoms with Gasteiger partial charge in [0.25, 0.3) is 0 Å². The fraction of sp³-hybridized carbons (Fsp3) is 0.0476. The lowest BCUT2D eigenvalue weighted by Gasteiger charge is -2.10. The summed E-state index contributed by atoms with van der Waals surface area (Å²) in [6, 6.07) is 25.8. The van der Waals surface area contributed by atoms with Crippen molar-refractivity contribution in [2.75, 3.05) is 0 Å². The van der Waals surface area contributed by atoms with Crippen LogP contribution in [0.25, 0.3) is 28.2 Å². The molecule has 0 fully saturated rings. The second kappa shape index (κ2) is 7.52. The summed E-state index contributed by atoms with van der Waals surface area (Å²) in [5.74, 6) is 0.653. The van der Waals surface area contributed by atoms with Crippen molar-refractivity contribution in [2.45, 2.75) is 5.33 Å². The third-order valence-corrected chi connectivity index (χ3v) is 4.95. The molecular formula is C21H14BrN5. The zero-order chi connectivity index (χ0) is 18.6. The van der Waals surface area contributed by atoms with Gasteiger partial charge in [-0.25, -0.2) is 0 Å². The number of hydrogen-bond donors (Lipinski definition) is 0. The molecular weight excluding hydrogens is 402 g/mol. The van der Waals surface area contributed by atoms with Crippen molar-refractivity contribution in [2.24, 2.45) is 0 Å². The van der Waals surface area contributed by atoms with Crippen molar-refractivity contribution in [1.29, 1.82) is 5.26 Å². The highest BCUT2D eigenvalue weighted by molar-refractivity contribution is 9.08. The van der Waals surface area contributed by atoms with Crippen molar-refractivity contribution >= 4 is 15.9 Å². The molecule has 0 atom stereocenters. The molecule has 0 saturated heterocycles. The van der Waals surface area contributed by atoms with E-state index in [9.17, 15) is 0 Å². The number of aromatic nitrogens is 4. The van der Waals surface area contributed by atoms with Gasteiger partial charge in [-0.05, 0) is 51.4 Å². The molecule has 1 heterocycles. The van der Waals surface area contributed by atoms with E-state index in [0.717, 1.165) is 27.7 Å². The number of rotatable bonds is 4. The normalized spacial score (nSPS) is 10.5. The van der Waals surface area contributed by atoms with Gasteiger partial charge in [-0.1, -0.05) is 64.5 Å². The molecule has 0 aliphatic carbocycles. The Kier molecular flexibility index (Phi) is 4.77. The van der Waals surface area contributed by atoms with Gasteiger partial charge >= 0.3 is 0 Å². The molecule has 0 saturated carbocycles. The maximum atomic E-state index is 8.99. The Hall–Kier alpha value is -3.30. The van der Waals surface area contributed by atoms with E-state index in [-0.39, 0.29) is 0 Å². The largest absolute Gasteiger partial charge is 0.193 e. The predicted octanol–water partition coefficient (Wildman–Crippen LogP) is 4.76. The van der Waals surface area contributed by atoms with Gasteiger partial charge in [-0.15, -0.1) is 5.10 Å². The van der Waals surface area contributed by atoms with E-state index in [2.05, 4.69) is 67.9 Å². The summed E-state index contributed by atoms with van der Waals surface area (Å²) in [5.41, 5.74) is 5.73. The van der Waals surface area contributed by atoms with Crippen LogP contribution in [-0.4, -0.2) is 20.2 Å². The average Bonchev–Trinajstić information content (AvgIpc) is 3.23. The Morgan fingerprint density at radius 1 is 0.889 bits per heavy atom. The number of tetrazole rings is 1. The van der Waals surface area contributed by atoms with E-state index in [1.165, 1.54) is 5.56 Å². The molecule has 5 nitrogen and oxygen atoms in total. The Morgan fingerprint density at radius 2 is 1.59 bits per heavy atom. The molecule has 0 aliphatic heterocycles. The van der Waals surface area contributed by atoms with Gasteiger partial charge in [0, 0.05) is 10.9 Å². The molecule has 0 N–H and O–H groups in total.